The van der Waals surface area contributed by atoms with Gasteiger partial charge in [-0.25, -0.2) is 4.39 Å². The molecule has 0 aliphatic heterocycles. The summed E-state index contributed by atoms with van der Waals surface area (Å²) in [5.74, 6) is 1.20. The highest BCUT2D eigenvalue weighted by atomic mass is 32.2. The first-order valence-electron chi connectivity index (χ1n) is 6.72. The van der Waals surface area contributed by atoms with E-state index in [1.54, 1.807) is 6.07 Å². The molecule has 1 aromatic heterocycles. The van der Waals surface area contributed by atoms with Gasteiger partial charge in [-0.3, -0.25) is 0 Å². The van der Waals surface area contributed by atoms with Gasteiger partial charge in [0.15, 0.2) is 5.82 Å². The molecular weight excluding hydrogens is 291 g/mol. The van der Waals surface area contributed by atoms with E-state index in [4.69, 9.17) is 4.52 Å². The van der Waals surface area contributed by atoms with Crippen molar-refractivity contribution in [3.05, 3.63) is 41.8 Å². The molecule has 0 radical (unpaired) electrons. The van der Waals surface area contributed by atoms with Crippen molar-refractivity contribution in [3.63, 3.8) is 0 Å². The normalized spacial score (nSPS) is 13.4. The van der Waals surface area contributed by atoms with Crippen molar-refractivity contribution in [2.75, 3.05) is 0 Å². The van der Waals surface area contributed by atoms with Crippen LogP contribution < -0.4 is 0 Å². The summed E-state index contributed by atoms with van der Waals surface area (Å²) in [5.41, 5.74) is -0.231. The van der Waals surface area contributed by atoms with Crippen LogP contribution in [0.15, 0.2) is 33.7 Å². The first-order valence-corrected chi connectivity index (χ1v) is 7.71. The van der Waals surface area contributed by atoms with Crippen LogP contribution in [0.1, 0.15) is 32.5 Å². The second-order valence-electron chi connectivity index (χ2n) is 5.94. The van der Waals surface area contributed by atoms with Gasteiger partial charge in [-0.05, 0) is 23.6 Å². The molecule has 0 saturated heterocycles. The van der Waals surface area contributed by atoms with Gasteiger partial charge in [-0.15, -0.1) is 11.8 Å². The minimum absolute atomic E-state index is 0.231. The Morgan fingerprint density at radius 2 is 2.14 bits per heavy atom. The van der Waals surface area contributed by atoms with Gasteiger partial charge in [0.1, 0.15) is 5.82 Å². The number of nitrogens with zero attached hydrogens (tertiary/aromatic N) is 2. The average Bonchev–Trinajstić information content (AvgIpc) is 2.83. The van der Waals surface area contributed by atoms with E-state index in [2.05, 4.69) is 10.1 Å². The summed E-state index contributed by atoms with van der Waals surface area (Å²) in [6, 6.07) is 6.37. The molecule has 2 rings (SSSR count). The number of rotatable bonds is 5. The average molecular weight is 310 g/mol. The van der Waals surface area contributed by atoms with E-state index in [9.17, 15) is 9.50 Å². The molecule has 0 spiro atoms. The third kappa shape index (κ3) is 4.82. The molecule has 1 heterocycles. The lowest BCUT2D eigenvalue weighted by molar-refractivity contribution is 0.0565. The van der Waals surface area contributed by atoms with Crippen molar-refractivity contribution < 1.29 is 14.0 Å². The Hall–Kier alpha value is -1.40. The standard InChI is InChI=1S/C15H19FN2O2S/c1-15(2,3)12(19)8-14-17-13(18-20-14)9-21-11-6-4-5-10(16)7-11/h4-7,12,19H,8-9H2,1-3H3. The third-order valence-electron chi connectivity index (χ3n) is 3.04. The monoisotopic (exact) mass is 310 g/mol. The van der Waals surface area contributed by atoms with Crippen molar-refractivity contribution >= 4 is 11.8 Å². The number of benzene rings is 1. The minimum Gasteiger partial charge on any atom is -0.392 e. The van der Waals surface area contributed by atoms with E-state index >= 15 is 0 Å². The number of aliphatic hydroxyl groups is 1. The fraction of sp³-hybridized carbons (Fsp3) is 0.467. The van der Waals surface area contributed by atoms with E-state index < -0.39 is 6.10 Å². The second kappa shape index (κ2) is 6.58. The van der Waals surface area contributed by atoms with Crippen molar-refractivity contribution in [2.24, 2.45) is 5.41 Å². The van der Waals surface area contributed by atoms with E-state index in [1.807, 2.05) is 26.8 Å². The summed E-state index contributed by atoms with van der Waals surface area (Å²) in [7, 11) is 0. The highest BCUT2D eigenvalue weighted by Crippen LogP contribution is 2.24. The van der Waals surface area contributed by atoms with Crippen LogP contribution in [0, 0.1) is 11.2 Å². The molecule has 0 aliphatic rings. The summed E-state index contributed by atoms with van der Waals surface area (Å²) in [6.07, 6.45) is -0.206. The van der Waals surface area contributed by atoms with E-state index in [1.165, 1.54) is 23.9 Å². The van der Waals surface area contributed by atoms with Gasteiger partial charge in [-0.2, -0.15) is 4.98 Å². The predicted molar refractivity (Wildman–Crippen MR) is 79.4 cm³/mol. The number of hydrogen-bond donors (Lipinski definition) is 1. The van der Waals surface area contributed by atoms with Gasteiger partial charge in [0, 0.05) is 4.90 Å². The lowest BCUT2D eigenvalue weighted by Crippen LogP contribution is -2.28. The SMILES string of the molecule is CC(C)(C)C(O)Cc1nc(CSc2cccc(F)c2)no1. The van der Waals surface area contributed by atoms with E-state index in [-0.39, 0.29) is 11.2 Å². The van der Waals surface area contributed by atoms with Crippen LogP contribution in [-0.4, -0.2) is 21.4 Å². The zero-order valence-corrected chi connectivity index (χ0v) is 13.2. The lowest BCUT2D eigenvalue weighted by atomic mass is 9.87. The Bertz CT molecular complexity index is 595. The molecule has 0 fully saturated rings. The van der Waals surface area contributed by atoms with E-state index in [0.29, 0.717) is 23.9 Å². The molecule has 0 bridgehead atoms. The molecule has 1 atom stereocenters. The number of thioether (sulfide) groups is 1. The molecule has 6 heteroatoms. The van der Waals surface area contributed by atoms with Crippen molar-refractivity contribution in [3.8, 4) is 0 Å². The molecule has 0 saturated carbocycles. The Kier molecular flexibility index (Phi) is 5.00. The summed E-state index contributed by atoms with van der Waals surface area (Å²) in [5, 5.41) is 13.9. The summed E-state index contributed by atoms with van der Waals surface area (Å²) >= 11 is 1.44. The van der Waals surface area contributed by atoms with Crippen LogP contribution in [0.25, 0.3) is 0 Å². The highest BCUT2D eigenvalue weighted by molar-refractivity contribution is 7.98. The zero-order chi connectivity index (χ0) is 15.5. The maximum atomic E-state index is 13.1. The molecule has 1 aromatic carbocycles. The minimum atomic E-state index is -0.540. The van der Waals surface area contributed by atoms with Crippen LogP contribution >= 0.6 is 11.8 Å². The second-order valence-corrected chi connectivity index (χ2v) is 6.99. The molecule has 2 aromatic rings. The Morgan fingerprint density at radius 3 is 2.81 bits per heavy atom. The van der Waals surface area contributed by atoms with Crippen LogP contribution in [0.2, 0.25) is 0 Å². The third-order valence-corrected chi connectivity index (χ3v) is 4.03. The number of aromatic nitrogens is 2. The molecule has 114 valence electrons. The van der Waals surface area contributed by atoms with Gasteiger partial charge >= 0.3 is 0 Å². The fourth-order valence-electron chi connectivity index (χ4n) is 1.61. The van der Waals surface area contributed by atoms with E-state index in [0.717, 1.165) is 4.90 Å². The van der Waals surface area contributed by atoms with Crippen molar-refractivity contribution in [1.82, 2.24) is 10.1 Å². The maximum Gasteiger partial charge on any atom is 0.229 e. The maximum absolute atomic E-state index is 13.1. The molecule has 1 N–H and O–H groups in total. The Balaban J connectivity index is 1.91. The number of hydrogen-bond acceptors (Lipinski definition) is 5. The quantitative estimate of drug-likeness (QED) is 0.857. The first-order chi connectivity index (χ1) is 9.84. The predicted octanol–water partition coefficient (Wildman–Crippen LogP) is 3.45. The van der Waals surface area contributed by atoms with Gasteiger partial charge in [-0.1, -0.05) is 32.0 Å². The number of aliphatic hydroxyl groups excluding tert-OH is 1. The van der Waals surface area contributed by atoms with Crippen molar-refractivity contribution in [1.29, 1.82) is 0 Å². The van der Waals surface area contributed by atoms with Crippen molar-refractivity contribution in [2.45, 2.75) is 43.9 Å². The van der Waals surface area contributed by atoms with Gasteiger partial charge in [0.05, 0.1) is 18.3 Å². The van der Waals surface area contributed by atoms with Gasteiger partial charge in [0.2, 0.25) is 5.89 Å². The smallest absolute Gasteiger partial charge is 0.229 e. The van der Waals surface area contributed by atoms with Crippen LogP contribution in [-0.2, 0) is 12.2 Å². The lowest BCUT2D eigenvalue weighted by Gasteiger charge is -2.24. The summed E-state index contributed by atoms with van der Waals surface area (Å²) < 4.78 is 18.2. The zero-order valence-electron chi connectivity index (χ0n) is 12.3. The summed E-state index contributed by atoms with van der Waals surface area (Å²) in [4.78, 5) is 5.06. The van der Waals surface area contributed by atoms with Gasteiger partial charge in [0.25, 0.3) is 0 Å². The molecular formula is C15H19FN2O2S. The van der Waals surface area contributed by atoms with Gasteiger partial charge < -0.3 is 9.63 Å². The Morgan fingerprint density at radius 1 is 1.38 bits per heavy atom. The molecule has 1 unspecified atom stereocenters. The summed E-state index contributed by atoms with van der Waals surface area (Å²) in [6.45, 7) is 5.86. The largest absolute Gasteiger partial charge is 0.392 e. The van der Waals surface area contributed by atoms with Crippen LogP contribution in [0.3, 0.4) is 0 Å². The molecule has 4 nitrogen and oxygen atoms in total. The fourth-order valence-corrected chi connectivity index (χ4v) is 2.39. The van der Waals surface area contributed by atoms with Crippen LogP contribution in [0.5, 0.6) is 0 Å². The molecule has 0 aliphatic carbocycles. The molecule has 0 amide bonds. The number of halogens is 1. The van der Waals surface area contributed by atoms with Crippen LogP contribution in [0.4, 0.5) is 4.39 Å². The first kappa shape index (κ1) is 16.0. The molecule has 21 heavy (non-hydrogen) atoms. The Labute approximate surface area is 127 Å². The highest BCUT2D eigenvalue weighted by Gasteiger charge is 2.24. The topological polar surface area (TPSA) is 59.2 Å².